The molecule has 2 aromatic rings. The molecule has 0 saturated carbocycles. The SMILES string of the molecule is CNC(c1ccc(Br)cc1C)c1cc(F)ccc1OC. The fraction of sp³-hybridized carbons (Fsp3) is 0.250. The number of nitrogens with one attached hydrogen (secondary N) is 1. The highest BCUT2D eigenvalue weighted by Gasteiger charge is 2.19. The van der Waals surface area contributed by atoms with Gasteiger partial charge in [0.05, 0.1) is 13.2 Å². The van der Waals surface area contributed by atoms with Crippen LogP contribution in [-0.2, 0) is 0 Å². The molecule has 1 N–H and O–H groups in total. The van der Waals surface area contributed by atoms with Crippen LogP contribution in [0.25, 0.3) is 0 Å². The Morgan fingerprint density at radius 1 is 1.15 bits per heavy atom. The minimum Gasteiger partial charge on any atom is -0.496 e. The second kappa shape index (κ2) is 6.37. The van der Waals surface area contributed by atoms with Crippen LogP contribution in [0, 0.1) is 12.7 Å². The Balaban J connectivity index is 2.54. The summed E-state index contributed by atoms with van der Waals surface area (Å²) in [6.45, 7) is 2.04. The van der Waals surface area contributed by atoms with E-state index >= 15 is 0 Å². The molecule has 2 rings (SSSR count). The van der Waals surface area contributed by atoms with Gasteiger partial charge in [0.25, 0.3) is 0 Å². The number of halogens is 2. The highest BCUT2D eigenvalue weighted by Crippen LogP contribution is 2.32. The summed E-state index contributed by atoms with van der Waals surface area (Å²) in [5.74, 6) is 0.406. The van der Waals surface area contributed by atoms with E-state index in [1.54, 1.807) is 13.2 Å². The van der Waals surface area contributed by atoms with Gasteiger partial charge in [0.15, 0.2) is 0 Å². The molecular formula is C16H17BrFNO. The van der Waals surface area contributed by atoms with Crippen LogP contribution in [0.1, 0.15) is 22.7 Å². The molecule has 0 fully saturated rings. The molecule has 0 aromatic heterocycles. The number of rotatable bonds is 4. The third-order valence-electron chi connectivity index (χ3n) is 3.33. The molecule has 0 saturated heterocycles. The van der Waals surface area contributed by atoms with E-state index in [4.69, 9.17) is 4.74 Å². The highest BCUT2D eigenvalue weighted by molar-refractivity contribution is 9.10. The van der Waals surface area contributed by atoms with Gasteiger partial charge in [0.2, 0.25) is 0 Å². The molecule has 20 heavy (non-hydrogen) atoms. The third kappa shape index (κ3) is 3.02. The van der Waals surface area contributed by atoms with Crippen LogP contribution < -0.4 is 10.1 Å². The average Bonchev–Trinajstić information content (AvgIpc) is 2.42. The van der Waals surface area contributed by atoms with Crippen LogP contribution in [0.5, 0.6) is 5.75 Å². The van der Waals surface area contributed by atoms with Gasteiger partial charge < -0.3 is 10.1 Å². The van der Waals surface area contributed by atoms with Gasteiger partial charge in [-0.2, -0.15) is 0 Å². The van der Waals surface area contributed by atoms with Gasteiger partial charge in [0.1, 0.15) is 11.6 Å². The first-order chi connectivity index (χ1) is 9.56. The summed E-state index contributed by atoms with van der Waals surface area (Å²) in [5.41, 5.74) is 3.02. The maximum absolute atomic E-state index is 13.6. The van der Waals surface area contributed by atoms with E-state index in [0.717, 1.165) is 21.2 Å². The molecule has 0 radical (unpaired) electrons. The molecule has 2 aromatic carbocycles. The molecule has 0 aliphatic heterocycles. The number of aryl methyl sites for hydroxylation is 1. The molecular weight excluding hydrogens is 321 g/mol. The van der Waals surface area contributed by atoms with E-state index < -0.39 is 0 Å². The van der Waals surface area contributed by atoms with Crippen molar-refractivity contribution in [1.29, 1.82) is 0 Å². The average molecular weight is 338 g/mol. The van der Waals surface area contributed by atoms with Gasteiger partial charge in [-0.05, 0) is 55.4 Å². The maximum atomic E-state index is 13.6. The van der Waals surface area contributed by atoms with Crippen LogP contribution in [0.3, 0.4) is 0 Å². The van der Waals surface area contributed by atoms with Crippen molar-refractivity contribution in [2.45, 2.75) is 13.0 Å². The van der Waals surface area contributed by atoms with E-state index in [1.807, 2.05) is 32.2 Å². The van der Waals surface area contributed by atoms with Crippen LogP contribution in [0.2, 0.25) is 0 Å². The first-order valence-electron chi connectivity index (χ1n) is 6.33. The van der Waals surface area contributed by atoms with Crippen molar-refractivity contribution in [3.63, 3.8) is 0 Å². The zero-order chi connectivity index (χ0) is 14.7. The van der Waals surface area contributed by atoms with Gasteiger partial charge in [-0.1, -0.05) is 22.0 Å². The number of ether oxygens (including phenoxy) is 1. The molecule has 0 aliphatic carbocycles. The molecule has 4 heteroatoms. The topological polar surface area (TPSA) is 21.3 Å². The minimum absolute atomic E-state index is 0.117. The first-order valence-corrected chi connectivity index (χ1v) is 7.13. The lowest BCUT2D eigenvalue weighted by atomic mass is 9.94. The lowest BCUT2D eigenvalue weighted by molar-refractivity contribution is 0.404. The summed E-state index contributed by atoms with van der Waals surface area (Å²) in [4.78, 5) is 0. The second-order valence-corrected chi connectivity index (χ2v) is 5.52. The Hall–Kier alpha value is -1.39. The normalized spacial score (nSPS) is 12.2. The summed E-state index contributed by atoms with van der Waals surface area (Å²) in [6, 6.07) is 10.5. The number of hydrogen-bond acceptors (Lipinski definition) is 2. The molecule has 1 unspecified atom stereocenters. The first kappa shape index (κ1) is 15.0. The quantitative estimate of drug-likeness (QED) is 0.902. The number of methoxy groups -OCH3 is 1. The van der Waals surface area contributed by atoms with Crippen LogP contribution in [0.15, 0.2) is 40.9 Å². The van der Waals surface area contributed by atoms with Crippen molar-refractivity contribution in [2.24, 2.45) is 0 Å². The summed E-state index contributed by atoms with van der Waals surface area (Å²) in [7, 11) is 3.45. The van der Waals surface area contributed by atoms with Crippen molar-refractivity contribution in [2.75, 3.05) is 14.2 Å². The van der Waals surface area contributed by atoms with Gasteiger partial charge in [0, 0.05) is 10.0 Å². The summed E-state index contributed by atoms with van der Waals surface area (Å²) >= 11 is 3.46. The zero-order valence-electron chi connectivity index (χ0n) is 11.7. The Labute approximate surface area is 127 Å². The molecule has 1 atom stereocenters. The molecule has 2 nitrogen and oxygen atoms in total. The predicted molar refractivity (Wildman–Crippen MR) is 82.7 cm³/mol. The Morgan fingerprint density at radius 3 is 2.50 bits per heavy atom. The lowest BCUT2D eigenvalue weighted by Gasteiger charge is -2.22. The molecule has 0 heterocycles. The Morgan fingerprint density at radius 2 is 1.90 bits per heavy atom. The van der Waals surface area contributed by atoms with Crippen LogP contribution in [0.4, 0.5) is 4.39 Å². The molecule has 0 aliphatic rings. The second-order valence-electron chi connectivity index (χ2n) is 4.61. The van der Waals surface area contributed by atoms with E-state index in [9.17, 15) is 4.39 Å². The fourth-order valence-electron chi connectivity index (χ4n) is 2.37. The zero-order valence-corrected chi connectivity index (χ0v) is 13.3. The van der Waals surface area contributed by atoms with Crippen molar-refractivity contribution in [1.82, 2.24) is 5.32 Å². The van der Waals surface area contributed by atoms with Gasteiger partial charge in [-0.15, -0.1) is 0 Å². The van der Waals surface area contributed by atoms with E-state index in [0.29, 0.717) is 5.75 Å². The summed E-state index contributed by atoms with van der Waals surface area (Å²) in [6.07, 6.45) is 0. The third-order valence-corrected chi connectivity index (χ3v) is 3.83. The number of hydrogen-bond donors (Lipinski definition) is 1. The van der Waals surface area contributed by atoms with E-state index in [1.165, 1.54) is 12.1 Å². The van der Waals surface area contributed by atoms with Gasteiger partial charge >= 0.3 is 0 Å². The van der Waals surface area contributed by atoms with Crippen molar-refractivity contribution in [3.8, 4) is 5.75 Å². The Kier molecular flexibility index (Phi) is 4.78. The van der Waals surface area contributed by atoms with Crippen LogP contribution in [-0.4, -0.2) is 14.2 Å². The lowest BCUT2D eigenvalue weighted by Crippen LogP contribution is -2.19. The highest BCUT2D eigenvalue weighted by atomic mass is 79.9. The Bertz CT molecular complexity index is 615. The monoisotopic (exact) mass is 337 g/mol. The molecule has 0 bridgehead atoms. The van der Waals surface area contributed by atoms with Crippen molar-refractivity contribution in [3.05, 3.63) is 63.4 Å². The predicted octanol–water partition coefficient (Wildman–Crippen LogP) is 4.21. The largest absolute Gasteiger partial charge is 0.496 e. The maximum Gasteiger partial charge on any atom is 0.124 e. The van der Waals surface area contributed by atoms with Crippen molar-refractivity contribution < 1.29 is 9.13 Å². The molecule has 0 spiro atoms. The van der Waals surface area contributed by atoms with Crippen LogP contribution >= 0.6 is 15.9 Å². The fourth-order valence-corrected chi connectivity index (χ4v) is 2.85. The molecule has 0 amide bonds. The van der Waals surface area contributed by atoms with Gasteiger partial charge in [-0.3, -0.25) is 0 Å². The van der Waals surface area contributed by atoms with E-state index in [2.05, 4.69) is 21.2 Å². The number of benzene rings is 2. The standard InChI is InChI=1S/C16H17BrFNO/c1-10-8-11(17)4-6-13(10)16(19-2)14-9-12(18)5-7-15(14)20-3/h4-9,16,19H,1-3H3. The summed E-state index contributed by atoms with van der Waals surface area (Å²) < 4.78 is 19.9. The summed E-state index contributed by atoms with van der Waals surface area (Å²) in [5, 5.41) is 3.23. The van der Waals surface area contributed by atoms with Crippen molar-refractivity contribution >= 4 is 15.9 Å². The van der Waals surface area contributed by atoms with E-state index in [-0.39, 0.29) is 11.9 Å². The van der Waals surface area contributed by atoms with Gasteiger partial charge in [-0.25, -0.2) is 4.39 Å². The smallest absolute Gasteiger partial charge is 0.124 e. The molecule has 106 valence electrons. The minimum atomic E-state index is -0.268.